The SMILES string of the molecule is Cc1cccc(N2CCN(CN3C(=O)NC4(CC(C)CC(C)(C)C4)C3=O)CC2)c1C. The lowest BCUT2D eigenvalue weighted by atomic mass is 9.64. The molecule has 1 aromatic rings. The first-order valence-corrected chi connectivity index (χ1v) is 11.3. The highest BCUT2D eigenvalue weighted by Crippen LogP contribution is 2.46. The molecule has 2 heterocycles. The number of nitrogens with zero attached hydrogens (tertiary/aromatic N) is 3. The highest BCUT2D eigenvalue weighted by atomic mass is 16.2. The number of hydrogen-bond donors (Lipinski definition) is 1. The summed E-state index contributed by atoms with van der Waals surface area (Å²) in [4.78, 5) is 32.3. The van der Waals surface area contributed by atoms with Gasteiger partial charge in [0, 0.05) is 31.9 Å². The van der Waals surface area contributed by atoms with Crippen molar-refractivity contribution in [3.63, 3.8) is 0 Å². The summed E-state index contributed by atoms with van der Waals surface area (Å²) in [7, 11) is 0. The Labute approximate surface area is 180 Å². The standard InChI is InChI=1S/C24H36N4O2/c1-17-13-23(4,5)15-24(14-17)21(29)28(22(30)25-24)16-26-9-11-27(12-10-26)20-8-6-7-18(2)19(20)3/h6-8,17H,9-16H2,1-5H3,(H,25,30). The summed E-state index contributed by atoms with van der Waals surface area (Å²) in [6, 6.07) is 6.23. The van der Waals surface area contributed by atoms with E-state index in [1.54, 1.807) is 0 Å². The van der Waals surface area contributed by atoms with Gasteiger partial charge in [0.25, 0.3) is 5.91 Å². The first-order chi connectivity index (χ1) is 14.1. The zero-order chi connectivity index (χ0) is 21.7. The summed E-state index contributed by atoms with van der Waals surface area (Å²) in [6.45, 7) is 14.8. The number of aryl methyl sites for hydroxylation is 1. The average molecular weight is 413 g/mol. The molecular weight excluding hydrogens is 376 g/mol. The summed E-state index contributed by atoms with van der Waals surface area (Å²) in [6.07, 6.45) is 2.57. The van der Waals surface area contributed by atoms with Crippen molar-refractivity contribution in [1.29, 1.82) is 0 Å². The third kappa shape index (κ3) is 3.82. The Kier molecular flexibility index (Phi) is 5.33. The van der Waals surface area contributed by atoms with Crippen LogP contribution in [-0.4, -0.2) is 60.1 Å². The Morgan fingerprint density at radius 3 is 2.43 bits per heavy atom. The molecule has 6 heteroatoms. The van der Waals surface area contributed by atoms with Gasteiger partial charge in [-0.1, -0.05) is 32.9 Å². The summed E-state index contributed by atoms with van der Waals surface area (Å²) in [5, 5.41) is 3.09. The molecule has 3 fully saturated rings. The Morgan fingerprint density at radius 2 is 1.77 bits per heavy atom. The minimum absolute atomic E-state index is 0.0240. The highest BCUT2D eigenvalue weighted by Gasteiger charge is 2.56. The van der Waals surface area contributed by atoms with E-state index in [2.05, 4.69) is 67.9 Å². The van der Waals surface area contributed by atoms with E-state index >= 15 is 0 Å². The Morgan fingerprint density at radius 1 is 1.07 bits per heavy atom. The average Bonchev–Trinajstić information content (AvgIpc) is 2.86. The topological polar surface area (TPSA) is 55.9 Å². The van der Waals surface area contributed by atoms with Crippen LogP contribution < -0.4 is 10.2 Å². The number of carbonyl (C=O) groups is 2. The molecule has 1 aromatic carbocycles. The van der Waals surface area contributed by atoms with Gasteiger partial charge in [0.2, 0.25) is 0 Å². The third-order valence-electron chi connectivity index (χ3n) is 7.25. The van der Waals surface area contributed by atoms with Gasteiger partial charge in [-0.25, -0.2) is 9.69 Å². The van der Waals surface area contributed by atoms with E-state index in [4.69, 9.17) is 0 Å². The predicted octanol–water partition coefficient (Wildman–Crippen LogP) is 3.52. The molecule has 0 bridgehead atoms. The maximum Gasteiger partial charge on any atom is 0.326 e. The van der Waals surface area contributed by atoms with E-state index in [-0.39, 0.29) is 17.4 Å². The number of piperazine rings is 1. The molecule has 2 saturated heterocycles. The summed E-state index contributed by atoms with van der Waals surface area (Å²) < 4.78 is 0. The second-order valence-electron chi connectivity index (χ2n) is 10.6. The molecule has 1 spiro atoms. The van der Waals surface area contributed by atoms with E-state index in [0.29, 0.717) is 12.6 Å². The van der Waals surface area contributed by atoms with Gasteiger partial charge in [-0.2, -0.15) is 0 Å². The first-order valence-electron chi connectivity index (χ1n) is 11.3. The molecule has 0 aromatic heterocycles. The van der Waals surface area contributed by atoms with Gasteiger partial charge in [-0.05, 0) is 61.6 Å². The molecular formula is C24H36N4O2. The third-order valence-corrected chi connectivity index (χ3v) is 7.25. The van der Waals surface area contributed by atoms with Crippen molar-refractivity contribution < 1.29 is 9.59 Å². The quantitative estimate of drug-likeness (QED) is 0.772. The van der Waals surface area contributed by atoms with E-state index in [9.17, 15) is 9.59 Å². The van der Waals surface area contributed by atoms with Crippen LogP contribution in [0.15, 0.2) is 18.2 Å². The van der Waals surface area contributed by atoms with E-state index in [1.807, 2.05) is 0 Å². The number of carbonyl (C=O) groups excluding carboxylic acids is 2. The van der Waals surface area contributed by atoms with Crippen LogP contribution in [0.3, 0.4) is 0 Å². The van der Waals surface area contributed by atoms with Gasteiger partial charge in [0.05, 0.1) is 6.67 Å². The van der Waals surface area contributed by atoms with E-state index < -0.39 is 5.54 Å². The molecule has 4 rings (SSSR count). The molecule has 6 nitrogen and oxygen atoms in total. The number of benzene rings is 1. The van der Waals surface area contributed by atoms with Crippen molar-refractivity contribution in [1.82, 2.24) is 15.1 Å². The van der Waals surface area contributed by atoms with Crippen LogP contribution in [0.1, 0.15) is 51.2 Å². The van der Waals surface area contributed by atoms with Crippen molar-refractivity contribution >= 4 is 17.6 Å². The number of nitrogens with one attached hydrogen (secondary N) is 1. The van der Waals surface area contributed by atoms with Crippen LogP contribution in [0.25, 0.3) is 0 Å². The minimum Gasteiger partial charge on any atom is -0.369 e. The number of amides is 3. The second-order valence-corrected chi connectivity index (χ2v) is 10.6. The molecule has 2 atom stereocenters. The second kappa shape index (κ2) is 7.56. The van der Waals surface area contributed by atoms with Crippen molar-refractivity contribution in [3.05, 3.63) is 29.3 Å². The van der Waals surface area contributed by atoms with E-state index in [0.717, 1.165) is 45.4 Å². The molecule has 1 N–H and O–H groups in total. The van der Waals surface area contributed by atoms with Crippen molar-refractivity contribution in [2.45, 2.75) is 59.4 Å². The van der Waals surface area contributed by atoms with Gasteiger partial charge in [-0.3, -0.25) is 9.69 Å². The van der Waals surface area contributed by atoms with Crippen molar-refractivity contribution in [3.8, 4) is 0 Å². The molecule has 0 radical (unpaired) electrons. The van der Waals surface area contributed by atoms with Gasteiger partial charge < -0.3 is 10.2 Å². The number of hydrogen-bond acceptors (Lipinski definition) is 4. The lowest BCUT2D eigenvalue weighted by Crippen LogP contribution is -2.55. The number of imide groups is 1. The largest absolute Gasteiger partial charge is 0.369 e. The lowest BCUT2D eigenvalue weighted by Gasteiger charge is -2.44. The normalized spacial score (nSPS) is 29.6. The van der Waals surface area contributed by atoms with Crippen molar-refractivity contribution in [2.24, 2.45) is 11.3 Å². The van der Waals surface area contributed by atoms with Crippen LogP contribution in [0.5, 0.6) is 0 Å². The fraction of sp³-hybridized carbons (Fsp3) is 0.667. The smallest absolute Gasteiger partial charge is 0.326 e. The molecule has 1 saturated carbocycles. The van der Waals surface area contributed by atoms with Gasteiger partial charge >= 0.3 is 6.03 Å². The van der Waals surface area contributed by atoms with Gasteiger partial charge in [0.15, 0.2) is 0 Å². The van der Waals surface area contributed by atoms with Crippen LogP contribution in [-0.2, 0) is 4.79 Å². The number of rotatable bonds is 3. The molecule has 1 aliphatic carbocycles. The minimum atomic E-state index is -0.710. The Bertz CT molecular complexity index is 844. The van der Waals surface area contributed by atoms with Gasteiger partial charge in [0.1, 0.15) is 5.54 Å². The number of urea groups is 1. The fourth-order valence-electron chi connectivity index (χ4n) is 6.04. The van der Waals surface area contributed by atoms with Gasteiger partial charge in [-0.15, -0.1) is 0 Å². The van der Waals surface area contributed by atoms with Crippen LogP contribution >= 0.6 is 0 Å². The summed E-state index contributed by atoms with van der Waals surface area (Å²) in [5.41, 5.74) is 3.29. The zero-order valence-electron chi connectivity index (χ0n) is 19.1. The van der Waals surface area contributed by atoms with E-state index in [1.165, 1.54) is 21.7 Å². The monoisotopic (exact) mass is 412 g/mol. The predicted molar refractivity (Wildman–Crippen MR) is 119 cm³/mol. The molecule has 3 amide bonds. The maximum atomic E-state index is 13.4. The zero-order valence-corrected chi connectivity index (χ0v) is 19.1. The molecule has 3 aliphatic rings. The lowest BCUT2D eigenvalue weighted by molar-refractivity contribution is -0.136. The Hall–Kier alpha value is -2.08. The maximum absolute atomic E-state index is 13.4. The highest BCUT2D eigenvalue weighted by molar-refractivity contribution is 6.07. The molecule has 2 aliphatic heterocycles. The molecule has 164 valence electrons. The van der Waals surface area contributed by atoms with Crippen LogP contribution in [0, 0.1) is 25.2 Å². The molecule has 30 heavy (non-hydrogen) atoms. The molecule has 2 unspecified atom stereocenters. The summed E-state index contributed by atoms with van der Waals surface area (Å²) in [5.74, 6) is 0.406. The summed E-state index contributed by atoms with van der Waals surface area (Å²) >= 11 is 0. The fourth-order valence-corrected chi connectivity index (χ4v) is 6.04. The first kappa shape index (κ1) is 21.2. The van der Waals surface area contributed by atoms with Crippen LogP contribution in [0.2, 0.25) is 0 Å². The Balaban J connectivity index is 1.40. The van der Waals surface area contributed by atoms with Crippen molar-refractivity contribution in [2.75, 3.05) is 37.7 Å². The van der Waals surface area contributed by atoms with Crippen LogP contribution in [0.4, 0.5) is 10.5 Å². The number of anilines is 1.